The molecule has 1 aromatic heterocycles. The van der Waals surface area contributed by atoms with Crippen LogP contribution in [0.4, 0.5) is 4.39 Å². The third kappa shape index (κ3) is 4.14. The highest BCUT2D eigenvalue weighted by Crippen LogP contribution is 2.17. The molecular formula is C18H19FN4O2S. The molecule has 0 aliphatic rings. The van der Waals surface area contributed by atoms with E-state index in [0.717, 1.165) is 5.56 Å². The van der Waals surface area contributed by atoms with Crippen LogP contribution < -0.4 is 4.72 Å². The molecular weight excluding hydrogens is 355 g/mol. The van der Waals surface area contributed by atoms with Gasteiger partial charge < -0.3 is 0 Å². The van der Waals surface area contributed by atoms with Crippen LogP contribution in [-0.4, -0.2) is 30.1 Å². The average molecular weight is 374 g/mol. The summed E-state index contributed by atoms with van der Waals surface area (Å²) in [5.74, 6) is 0.662. The molecule has 0 saturated carbocycles. The first kappa shape index (κ1) is 18.2. The molecule has 2 aromatic carbocycles. The number of sulfonamides is 1. The van der Waals surface area contributed by atoms with E-state index in [2.05, 4.69) is 19.9 Å². The molecule has 0 saturated heterocycles. The molecule has 0 amide bonds. The molecule has 0 bridgehead atoms. The standard InChI is InChI=1S/C18H19FN4O2S/c1-12-3-8-16(13(2)11-12)26(24,25)20-10-9-17-21-18(23-22-17)14-4-6-15(19)7-5-14/h3-8,11,20H,9-10H2,1-2H3,(H,21,22,23). The van der Waals surface area contributed by atoms with E-state index in [9.17, 15) is 12.8 Å². The van der Waals surface area contributed by atoms with Gasteiger partial charge in [0.15, 0.2) is 5.82 Å². The summed E-state index contributed by atoms with van der Waals surface area (Å²) >= 11 is 0. The van der Waals surface area contributed by atoms with Crippen LogP contribution in [0.1, 0.15) is 17.0 Å². The highest BCUT2D eigenvalue weighted by molar-refractivity contribution is 7.89. The van der Waals surface area contributed by atoms with Crippen LogP contribution in [0, 0.1) is 19.7 Å². The Balaban J connectivity index is 1.64. The van der Waals surface area contributed by atoms with E-state index in [0.29, 0.717) is 29.2 Å². The number of halogens is 1. The first-order valence-corrected chi connectivity index (χ1v) is 9.57. The largest absolute Gasteiger partial charge is 0.263 e. The van der Waals surface area contributed by atoms with Gasteiger partial charge in [0, 0.05) is 18.5 Å². The fourth-order valence-electron chi connectivity index (χ4n) is 2.62. The number of aryl methyl sites for hydroxylation is 2. The summed E-state index contributed by atoms with van der Waals surface area (Å²) in [5, 5.41) is 6.85. The summed E-state index contributed by atoms with van der Waals surface area (Å²) in [7, 11) is -3.58. The lowest BCUT2D eigenvalue weighted by molar-refractivity contribution is 0.580. The van der Waals surface area contributed by atoms with Crippen LogP contribution in [0.5, 0.6) is 0 Å². The summed E-state index contributed by atoms with van der Waals surface area (Å²) in [5.41, 5.74) is 2.40. The SMILES string of the molecule is Cc1ccc(S(=O)(=O)NCCc2nc(-c3ccc(F)cc3)n[nH]2)c(C)c1. The average Bonchev–Trinajstić information content (AvgIpc) is 3.04. The Morgan fingerprint density at radius 1 is 1.12 bits per heavy atom. The minimum absolute atomic E-state index is 0.188. The van der Waals surface area contributed by atoms with Crippen molar-refractivity contribution in [2.75, 3.05) is 6.54 Å². The molecule has 0 fully saturated rings. The lowest BCUT2D eigenvalue weighted by Gasteiger charge is -2.09. The van der Waals surface area contributed by atoms with Gasteiger partial charge in [-0.25, -0.2) is 22.5 Å². The zero-order chi connectivity index (χ0) is 18.7. The summed E-state index contributed by atoms with van der Waals surface area (Å²) < 4.78 is 40.4. The lowest BCUT2D eigenvalue weighted by Crippen LogP contribution is -2.26. The molecule has 3 aromatic rings. The number of H-pyrrole nitrogens is 1. The second-order valence-corrected chi connectivity index (χ2v) is 7.76. The lowest BCUT2D eigenvalue weighted by atomic mass is 10.2. The van der Waals surface area contributed by atoms with Crippen molar-refractivity contribution in [2.45, 2.75) is 25.2 Å². The summed E-state index contributed by atoms with van der Waals surface area (Å²) in [6.07, 6.45) is 0.359. The molecule has 0 aliphatic heterocycles. The molecule has 6 nitrogen and oxygen atoms in total. The number of nitrogens with zero attached hydrogens (tertiary/aromatic N) is 2. The number of hydrogen-bond donors (Lipinski definition) is 2. The van der Waals surface area contributed by atoms with Crippen molar-refractivity contribution in [2.24, 2.45) is 0 Å². The van der Waals surface area contributed by atoms with Gasteiger partial charge in [0.05, 0.1) is 4.90 Å². The second-order valence-electron chi connectivity index (χ2n) is 6.03. The smallest absolute Gasteiger partial charge is 0.240 e. The van der Waals surface area contributed by atoms with Gasteiger partial charge >= 0.3 is 0 Å². The Bertz CT molecular complexity index is 1010. The minimum Gasteiger partial charge on any atom is -0.263 e. The zero-order valence-corrected chi connectivity index (χ0v) is 15.3. The van der Waals surface area contributed by atoms with E-state index in [4.69, 9.17) is 0 Å². The van der Waals surface area contributed by atoms with Crippen molar-refractivity contribution in [3.8, 4) is 11.4 Å². The molecule has 0 radical (unpaired) electrons. The van der Waals surface area contributed by atoms with Crippen molar-refractivity contribution in [3.05, 3.63) is 65.2 Å². The van der Waals surface area contributed by atoms with Crippen molar-refractivity contribution >= 4 is 10.0 Å². The third-order valence-electron chi connectivity index (χ3n) is 3.91. The van der Waals surface area contributed by atoms with Crippen LogP contribution in [0.15, 0.2) is 47.4 Å². The molecule has 8 heteroatoms. The molecule has 3 rings (SSSR count). The first-order chi connectivity index (χ1) is 12.3. The first-order valence-electron chi connectivity index (χ1n) is 8.09. The normalized spacial score (nSPS) is 11.7. The number of benzene rings is 2. The van der Waals surface area contributed by atoms with Crippen molar-refractivity contribution in [1.82, 2.24) is 19.9 Å². The third-order valence-corrected chi connectivity index (χ3v) is 5.53. The predicted molar refractivity (Wildman–Crippen MR) is 96.6 cm³/mol. The highest BCUT2D eigenvalue weighted by Gasteiger charge is 2.16. The van der Waals surface area contributed by atoms with Gasteiger partial charge in [-0.1, -0.05) is 17.7 Å². The predicted octanol–water partition coefficient (Wildman–Crippen LogP) is 2.75. The number of aromatic nitrogens is 3. The fourth-order valence-corrected chi connectivity index (χ4v) is 3.87. The molecule has 0 aliphatic carbocycles. The Morgan fingerprint density at radius 2 is 1.85 bits per heavy atom. The zero-order valence-electron chi connectivity index (χ0n) is 14.5. The summed E-state index contributed by atoms with van der Waals surface area (Å²) in [6.45, 7) is 3.88. The van der Waals surface area contributed by atoms with Crippen LogP contribution in [0.3, 0.4) is 0 Å². The van der Waals surface area contributed by atoms with E-state index in [1.807, 2.05) is 13.0 Å². The molecule has 136 valence electrons. The monoisotopic (exact) mass is 374 g/mol. The van der Waals surface area contributed by atoms with Gasteiger partial charge in [-0.05, 0) is 49.7 Å². The Hall–Kier alpha value is -2.58. The number of hydrogen-bond acceptors (Lipinski definition) is 4. The maximum atomic E-state index is 13.0. The Kier molecular flexibility index (Phi) is 5.15. The van der Waals surface area contributed by atoms with Gasteiger partial charge in [-0.3, -0.25) is 5.10 Å². The molecule has 0 atom stereocenters. The quantitative estimate of drug-likeness (QED) is 0.694. The molecule has 0 spiro atoms. The molecule has 2 N–H and O–H groups in total. The van der Waals surface area contributed by atoms with Gasteiger partial charge in [0.25, 0.3) is 0 Å². The highest BCUT2D eigenvalue weighted by atomic mass is 32.2. The Labute approximate surface area is 151 Å². The fraction of sp³-hybridized carbons (Fsp3) is 0.222. The van der Waals surface area contributed by atoms with E-state index >= 15 is 0 Å². The van der Waals surface area contributed by atoms with Crippen LogP contribution in [0.2, 0.25) is 0 Å². The van der Waals surface area contributed by atoms with Gasteiger partial charge in [-0.2, -0.15) is 5.10 Å². The second kappa shape index (κ2) is 7.35. The van der Waals surface area contributed by atoms with Crippen LogP contribution in [0.25, 0.3) is 11.4 Å². The van der Waals surface area contributed by atoms with Crippen LogP contribution >= 0.6 is 0 Å². The molecule has 1 heterocycles. The summed E-state index contributed by atoms with van der Waals surface area (Å²) in [6, 6.07) is 11.1. The van der Waals surface area contributed by atoms with Crippen molar-refractivity contribution < 1.29 is 12.8 Å². The molecule has 0 unspecified atom stereocenters. The van der Waals surface area contributed by atoms with Gasteiger partial charge in [-0.15, -0.1) is 0 Å². The summed E-state index contributed by atoms with van der Waals surface area (Å²) in [4.78, 5) is 4.58. The molecule has 26 heavy (non-hydrogen) atoms. The van der Waals surface area contributed by atoms with Crippen molar-refractivity contribution in [1.29, 1.82) is 0 Å². The maximum Gasteiger partial charge on any atom is 0.240 e. The van der Waals surface area contributed by atoms with E-state index < -0.39 is 10.0 Å². The van der Waals surface area contributed by atoms with Gasteiger partial charge in [0.2, 0.25) is 10.0 Å². The van der Waals surface area contributed by atoms with Gasteiger partial charge in [0.1, 0.15) is 11.6 Å². The number of rotatable bonds is 6. The Morgan fingerprint density at radius 3 is 2.54 bits per heavy atom. The topological polar surface area (TPSA) is 87.7 Å². The van der Waals surface area contributed by atoms with Crippen LogP contribution in [-0.2, 0) is 16.4 Å². The maximum absolute atomic E-state index is 13.0. The van der Waals surface area contributed by atoms with E-state index in [1.165, 1.54) is 12.1 Å². The number of aromatic amines is 1. The minimum atomic E-state index is -3.58. The van der Waals surface area contributed by atoms with E-state index in [1.54, 1.807) is 31.2 Å². The van der Waals surface area contributed by atoms with Crippen molar-refractivity contribution in [3.63, 3.8) is 0 Å². The van der Waals surface area contributed by atoms with E-state index in [-0.39, 0.29) is 17.3 Å². The number of nitrogens with one attached hydrogen (secondary N) is 2.